The van der Waals surface area contributed by atoms with Crippen LogP contribution < -0.4 is 10.1 Å². The topological polar surface area (TPSA) is 56.1 Å². The van der Waals surface area contributed by atoms with Gasteiger partial charge >= 0.3 is 0 Å². The number of hydrogen-bond donors (Lipinski definition) is 1. The fourth-order valence-electron chi connectivity index (χ4n) is 2.78. The Morgan fingerprint density at radius 1 is 1.24 bits per heavy atom. The minimum atomic E-state index is -0.487. The molecule has 0 spiro atoms. The van der Waals surface area contributed by atoms with Crippen molar-refractivity contribution >= 4 is 16.7 Å². The summed E-state index contributed by atoms with van der Waals surface area (Å²) in [6, 6.07) is 13.9. The smallest absolute Gasteiger partial charge is 0.261 e. The molecule has 1 amide bonds. The second-order valence-corrected chi connectivity index (χ2v) is 5.94. The van der Waals surface area contributed by atoms with Crippen molar-refractivity contribution in [1.29, 1.82) is 0 Å². The highest BCUT2D eigenvalue weighted by Crippen LogP contribution is 2.26. The zero-order valence-electron chi connectivity index (χ0n) is 14.4. The summed E-state index contributed by atoms with van der Waals surface area (Å²) in [5.74, 6) is 0.680. The molecule has 3 aromatic rings. The van der Waals surface area contributed by atoms with Gasteiger partial charge in [0.2, 0.25) is 0 Å². The summed E-state index contributed by atoms with van der Waals surface area (Å²) in [4.78, 5) is 16.4. The molecule has 0 bridgehead atoms. The third kappa shape index (κ3) is 4.38. The Morgan fingerprint density at radius 3 is 2.88 bits per heavy atom. The summed E-state index contributed by atoms with van der Waals surface area (Å²) in [6.07, 6.45) is 6.44. The van der Waals surface area contributed by atoms with Crippen molar-refractivity contribution in [2.75, 3.05) is 6.54 Å². The molecule has 0 fully saturated rings. The fourth-order valence-corrected chi connectivity index (χ4v) is 2.78. The van der Waals surface area contributed by atoms with Crippen LogP contribution in [0.4, 0.5) is 0 Å². The van der Waals surface area contributed by atoms with Gasteiger partial charge in [-0.15, -0.1) is 0 Å². The van der Waals surface area contributed by atoms with E-state index < -0.39 is 6.10 Å². The molecule has 0 saturated carbocycles. The molecule has 130 valence electrons. The van der Waals surface area contributed by atoms with Crippen molar-refractivity contribution in [2.24, 2.45) is 0 Å². The average Bonchev–Trinajstić information content (AvgIpc) is 3.16. The molecule has 0 saturated heterocycles. The van der Waals surface area contributed by atoms with Crippen molar-refractivity contribution in [3.05, 3.63) is 61.2 Å². The van der Waals surface area contributed by atoms with E-state index >= 15 is 0 Å². The number of aromatic nitrogens is 2. The predicted octanol–water partition coefficient (Wildman–Crippen LogP) is 3.40. The zero-order valence-corrected chi connectivity index (χ0v) is 14.4. The van der Waals surface area contributed by atoms with Gasteiger partial charge in [-0.05, 0) is 24.3 Å². The van der Waals surface area contributed by atoms with E-state index in [1.165, 1.54) is 0 Å². The van der Waals surface area contributed by atoms with Crippen molar-refractivity contribution in [1.82, 2.24) is 14.9 Å². The minimum Gasteiger partial charge on any atom is -0.480 e. The molecule has 1 N–H and O–H groups in total. The molecule has 1 aromatic heterocycles. The van der Waals surface area contributed by atoms with Crippen LogP contribution in [0.25, 0.3) is 10.8 Å². The maximum Gasteiger partial charge on any atom is 0.261 e. The molecule has 0 aliphatic carbocycles. The number of hydrogen-bond acceptors (Lipinski definition) is 3. The summed E-state index contributed by atoms with van der Waals surface area (Å²) in [7, 11) is 0. The average molecular weight is 337 g/mol. The van der Waals surface area contributed by atoms with Gasteiger partial charge < -0.3 is 14.6 Å². The lowest BCUT2D eigenvalue weighted by Crippen LogP contribution is -2.38. The van der Waals surface area contributed by atoms with Gasteiger partial charge in [0.05, 0.1) is 6.33 Å². The number of nitrogens with zero attached hydrogens (tertiary/aromatic N) is 2. The van der Waals surface area contributed by atoms with Gasteiger partial charge in [0.25, 0.3) is 5.91 Å². The minimum absolute atomic E-state index is 0.0685. The standard InChI is InChI=1S/C20H23N3O2/c1-2-18(20(24)22-11-6-13-23-14-12-21-15-23)25-19-10-5-8-16-7-3-4-9-17(16)19/h3-5,7-10,12,14-15,18H,2,6,11,13H2,1H3,(H,22,24). The monoisotopic (exact) mass is 337 g/mol. The highest BCUT2D eigenvalue weighted by molar-refractivity contribution is 5.89. The Bertz CT molecular complexity index is 809. The number of carbonyl (C=O) groups excluding carboxylic acids is 1. The molecule has 3 rings (SSSR count). The van der Waals surface area contributed by atoms with E-state index in [9.17, 15) is 4.79 Å². The van der Waals surface area contributed by atoms with Crippen LogP contribution in [0, 0.1) is 0 Å². The molecule has 2 aromatic carbocycles. The first-order chi connectivity index (χ1) is 12.3. The summed E-state index contributed by atoms with van der Waals surface area (Å²) in [6.45, 7) is 3.41. The van der Waals surface area contributed by atoms with E-state index in [1.807, 2.05) is 60.2 Å². The second-order valence-electron chi connectivity index (χ2n) is 5.94. The quantitative estimate of drug-likeness (QED) is 0.641. The van der Waals surface area contributed by atoms with E-state index in [-0.39, 0.29) is 5.91 Å². The van der Waals surface area contributed by atoms with E-state index in [1.54, 1.807) is 12.5 Å². The molecular weight excluding hydrogens is 314 g/mol. The highest BCUT2D eigenvalue weighted by Gasteiger charge is 2.18. The van der Waals surface area contributed by atoms with Crippen molar-refractivity contribution < 1.29 is 9.53 Å². The number of imidazole rings is 1. The van der Waals surface area contributed by atoms with E-state index in [0.717, 1.165) is 29.5 Å². The maximum atomic E-state index is 12.4. The van der Waals surface area contributed by atoms with Crippen LogP contribution in [0.1, 0.15) is 19.8 Å². The molecule has 25 heavy (non-hydrogen) atoms. The number of nitrogens with one attached hydrogen (secondary N) is 1. The van der Waals surface area contributed by atoms with Crippen molar-refractivity contribution in [3.63, 3.8) is 0 Å². The lowest BCUT2D eigenvalue weighted by molar-refractivity contribution is -0.128. The Labute approximate surface area is 147 Å². The number of benzene rings is 2. The molecular formula is C20H23N3O2. The summed E-state index contributed by atoms with van der Waals surface area (Å²) in [5, 5.41) is 5.10. The van der Waals surface area contributed by atoms with Crippen LogP contribution in [0.3, 0.4) is 0 Å². The van der Waals surface area contributed by atoms with E-state index in [4.69, 9.17) is 4.74 Å². The molecule has 1 heterocycles. The molecule has 1 atom stereocenters. The van der Waals surface area contributed by atoms with Crippen LogP contribution in [0.2, 0.25) is 0 Å². The number of aryl methyl sites for hydroxylation is 1. The van der Waals surface area contributed by atoms with Crippen molar-refractivity contribution in [3.8, 4) is 5.75 Å². The third-order valence-corrected chi connectivity index (χ3v) is 4.13. The van der Waals surface area contributed by atoms with E-state index in [2.05, 4.69) is 10.3 Å². The number of carbonyl (C=O) groups is 1. The number of amides is 1. The predicted molar refractivity (Wildman–Crippen MR) is 98.5 cm³/mol. The van der Waals surface area contributed by atoms with Gasteiger partial charge in [-0.2, -0.15) is 0 Å². The highest BCUT2D eigenvalue weighted by atomic mass is 16.5. The Balaban J connectivity index is 1.56. The summed E-state index contributed by atoms with van der Waals surface area (Å²) >= 11 is 0. The maximum absolute atomic E-state index is 12.4. The normalized spacial score (nSPS) is 12.0. The molecule has 0 aliphatic rings. The van der Waals surface area contributed by atoms with Gasteiger partial charge in [-0.1, -0.05) is 43.3 Å². The zero-order chi connectivity index (χ0) is 17.5. The molecule has 1 unspecified atom stereocenters. The molecule has 0 aliphatic heterocycles. The Morgan fingerprint density at radius 2 is 2.08 bits per heavy atom. The van der Waals surface area contributed by atoms with Crippen LogP contribution in [0.5, 0.6) is 5.75 Å². The first-order valence-corrected chi connectivity index (χ1v) is 8.66. The van der Waals surface area contributed by atoms with Gasteiger partial charge in [0, 0.05) is 30.9 Å². The lowest BCUT2D eigenvalue weighted by Gasteiger charge is -2.18. The largest absolute Gasteiger partial charge is 0.480 e. The van der Waals surface area contributed by atoms with Crippen LogP contribution >= 0.6 is 0 Å². The lowest BCUT2D eigenvalue weighted by atomic mass is 10.1. The molecule has 0 radical (unpaired) electrons. The SMILES string of the molecule is CCC(Oc1cccc2ccccc12)C(=O)NCCCn1ccnc1. The van der Waals surface area contributed by atoms with E-state index in [0.29, 0.717) is 13.0 Å². The second kappa shape index (κ2) is 8.33. The molecule has 5 heteroatoms. The van der Waals surface area contributed by atoms with Gasteiger partial charge in [0.15, 0.2) is 6.10 Å². The van der Waals surface area contributed by atoms with Crippen molar-refractivity contribution in [2.45, 2.75) is 32.4 Å². The fraction of sp³-hybridized carbons (Fsp3) is 0.300. The van der Waals surface area contributed by atoms with Crippen LogP contribution in [-0.4, -0.2) is 28.1 Å². The molecule has 5 nitrogen and oxygen atoms in total. The van der Waals surface area contributed by atoms with Gasteiger partial charge in [0.1, 0.15) is 5.75 Å². The number of fused-ring (bicyclic) bond motifs is 1. The Kier molecular flexibility index (Phi) is 5.67. The van der Waals surface area contributed by atoms with Gasteiger partial charge in [-0.25, -0.2) is 4.98 Å². The Hall–Kier alpha value is -2.82. The number of rotatable bonds is 8. The van der Waals surface area contributed by atoms with Crippen LogP contribution in [-0.2, 0) is 11.3 Å². The third-order valence-electron chi connectivity index (χ3n) is 4.13. The number of ether oxygens (including phenoxy) is 1. The summed E-state index contributed by atoms with van der Waals surface area (Å²) in [5.41, 5.74) is 0. The first-order valence-electron chi connectivity index (χ1n) is 8.66. The van der Waals surface area contributed by atoms with Crippen LogP contribution in [0.15, 0.2) is 61.2 Å². The van der Waals surface area contributed by atoms with Gasteiger partial charge in [-0.3, -0.25) is 4.79 Å². The summed E-state index contributed by atoms with van der Waals surface area (Å²) < 4.78 is 8.01. The first kappa shape index (κ1) is 17.0.